The van der Waals surface area contributed by atoms with Crippen LogP contribution in [0.2, 0.25) is 0 Å². The zero-order chi connectivity index (χ0) is 23.4. The Bertz CT molecular complexity index is 1220. The Morgan fingerprint density at radius 3 is 2.52 bits per heavy atom. The number of nitrogens with one attached hydrogen (secondary N) is 1. The maximum absolute atomic E-state index is 13.8. The zero-order valence-corrected chi connectivity index (χ0v) is 19.5. The van der Waals surface area contributed by atoms with Crippen LogP contribution in [0, 0.1) is 5.82 Å². The van der Waals surface area contributed by atoms with Gasteiger partial charge in [0.2, 0.25) is 15.0 Å². The maximum Gasteiger partial charge on any atom is 0.286 e. The summed E-state index contributed by atoms with van der Waals surface area (Å²) in [7, 11) is -3.60. The standard InChI is InChI=1S/C22H23FN4O4S2/c1-2-31-16-7-9-17(10-8-16)33(29,30)27-13-11-15(12-14-27)21-25-26-22(32-21)20(28)24-19-6-4-3-5-18(19)23/h3-10,15H,2,11-14H2,1H3,(H,24,28). The van der Waals surface area contributed by atoms with Crippen LogP contribution in [0.25, 0.3) is 0 Å². The highest BCUT2D eigenvalue weighted by Gasteiger charge is 2.31. The SMILES string of the molecule is CCOc1ccc(S(=O)(=O)N2CCC(c3nnc(C(=O)Nc4ccccc4F)s3)CC2)cc1. The molecule has 1 amide bonds. The molecule has 1 fully saturated rings. The summed E-state index contributed by atoms with van der Waals surface area (Å²) in [5, 5.41) is 11.4. The summed E-state index contributed by atoms with van der Waals surface area (Å²) in [6.45, 7) is 3.07. The smallest absolute Gasteiger partial charge is 0.286 e. The Morgan fingerprint density at radius 2 is 1.85 bits per heavy atom. The van der Waals surface area contributed by atoms with Gasteiger partial charge in [-0.3, -0.25) is 4.79 Å². The Kier molecular flexibility index (Phi) is 7.01. The van der Waals surface area contributed by atoms with Gasteiger partial charge in [0.1, 0.15) is 16.6 Å². The first-order chi connectivity index (χ1) is 15.9. The molecule has 4 rings (SSSR count). The summed E-state index contributed by atoms with van der Waals surface area (Å²) in [4.78, 5) is 12.6. The van der Waals surface area contributed by atoms with Crippen LogP contribution in [0.5, 0.6) is 5.75 Å². The molecule has 0 radical (unpaired) electrons. The number of piperidine rings is 1. The van der Waals surface area contributed by atoms with E-state index in [1.54, 1.807) is 30.3 Å². The number of hydrogen-bond donors (Lipinski definition) is 1. The molecule has 0 spiro atoms. The van der Waals surface area contributed by atoms with Gasteiger partial charge >= 0.3 is 0 Å². The van der Waals surface area contributed by atoms with Crippen molar-refractivity contribution in [3.05, 3.63) is 64.4 Å². The van der Waals surface area contributed by atoms with Crippen molar-refractivity contribution in [3.8, 4) is 5.75 Å². The number of aromatic nitrogens is 2. The first kappa shape index (κ1) is 23.3. The molecule has 33 heavy (non-hydrogen) atoms. The van der Waals surface area contributed by atoms with E-state index in [0.717, 1.165) is 11.3 Å². The number of nitrogens with zero attached hydrogens (tertiary/aromatic N) is 3. The molecule has 0 saturated carbocycles. The van der Waals surface area contributed by atoms with E-state index in [9.17, 15) is 17.6 Å². The number of amides is 1. The minimum absolute atomic E-state index is 0.00397. The topological polar surface area (TPSA) is 101 Å². The third-order valence-corrected chi connectivity index (χ3v) is 8.33. The number of benzene rings is 2. The predicted molar refractivity (Wildman–Crippen MR) is 123 cm³/mol. The van der Waals surface area contributed by atoms with Crippen molar-refractivity contribution >= 4 is 33.0 Å². The lowest BCUT2D eigenvalue weighted by atomic mass is 9.99. The summed E-state index contributed by atoms with van der Waals surface area (Å²) >= 11 is 1.15. The van der Waals surface area contributed by atoms with Crippen molar-refractivity contribution in [1.82, 2.24) is 14.5 Å². The Morgan fingerprint density at radius 1 is 1.15 bits per heavy atom. The second-order valence-corrected chi connectivity index (χ2v) is 10.4. The number of anilines is 1. The Hall–Kier alpha value is -2.89. The van der Waals surface area contributed by atoms with Crippen molar-refractivity contribution in [2.75, 3.05) is 25.0 Å². The van der Waals surface area contributed by atoms with Crippen LogP contribution in [0.1, 0.15) is 40.5 Å². The molecule has 174 valence electrons. The molecule has 0 bridgehead atoms. The van der Waals surface area contributed by atoms with E-state index in [1.165, 1.54) is 22.5 Å². The van der Waals surface area contributed by atoms with Gasteiger partial charge in [0, 0.05) is 19.0 Å². The third kappa shape index (κ3) is 5.21. The lowest BCUT2D eigenvalue weighted by Gasteiger charge is -2.30. The maximum atomic E-state index is 13.8. The molecule has 1 N–H and O–H groups in total. The molecule has 2 heterocycles. The predicted octanol–water partition coefficient (Wildman–Crippen LogP) is 3.90. The number of ether oxygens (including phenoxy) is 1. The molecular weight excluding hydrogens is 467 g/mol. The molecule has 1 aliphatic heterocycles. The second kappa shape index (κ2) is 9.94. The van der Waals surface area contributed by atoms with Gasteiger partial charge in [-0.2, -0.15) is 4.31 Å². The summed E-state index contributed by atoms with van der Waals surface area (Å²) in [5.74, 6) is -0.429. The number of carbonyl (C=O) groups is 1. The number of para-hydroxylation sites is 1. The second-order valence-electron chi connectivity index (χ2n) is 7.46. The van der Waals surface area contributed by atoms with Crippen LogP contribution in [0.3, 0.4) is 0 Å². The number of rotatable bonds is 7. The number of carbonyl (C=O) groups excluding carboxylic acids is 1. The Balaban J connectivity index is 1.37. The summed E-state index contributed by atoms with van der Waals surface area (Å²) < 4.78 is 46.5. The molecular formula is C22H23FN4O4S2. The van der Waals surface area contributed by atoms with Gasteiger partial charge in [-0.1, -0.05) is 23.5 Å². The van der Waals surface area contributed by atoms with Gasteiger partial charge in [-0.05, 0) is 56.2 Å². The molecule has 0 atom stereocenters. The monoisotopic (exact) mass is 490 g/mol. The van der Waals surface area contributed by atoms with Gasteiger partial charge in [-0.15, -0.1) is 10.2 Å². The fourth-order valence-corrected chi connectivity index (χ4v) is 5.97. The van der Waals surface area contributed by atoms with E-state index < -0.39 is 21.7 Å². The van der Waals surface area contributed by atoms with Gasteiger partial charge < -0.3 is 10.1 Å². The first-order valence-corrected chi connectivity index (χ1v) is 12.8. The summed E-state index contributed by atoms with van der Waals surface area (Å²) in [5.41, 5.74) is 0.0760. The van der Waals surface area contributed by atoms with Crippen LogP contribution in [-0.4, -0.2) is 48.5 Å². The van der Waals surface area contributed by atoms with Crippen molar-refractivity contribution in [2.24, 2.45) is 0 Å². The molecule has 11 heteroatoms. The average Bonchev–Trinajstić information content (AvgIpc) is 3.32. The minimum atomic E-state index is -3.60. The number of hydrogen-bond acceptors (Lipinski definition) is 7. The van der Waals surface area contributed by atoms with Crippen LogP contribution in [0.15, 0.2) is 53.4 Å². The third-order valence-electron chi connectivity index (χ3n) is 5.33. The quantitative estimate of drug-likeness (QED) is 0.539. The molecule has 0 aliphatic carbocycles. The van der Waals surface area contributed by atoms with Crippen molar-refractivity contribution < 1.29 is 22.3 Å². The molecule has 8 nitrogen and oxygen atoms in total. The highest BCUT2D eigenvalue weighted by molar-refractivity contribution is 7.89. The first-order valence-electron chi connectivity index (χ1n) is 10.5. The van der Waals surface area contributed by atoms with Crippen molar-refractivity contribution in [1.29, 1.82) is 0 Å². The Labute approximate surface area is 195 Å². The number of sulfonamides is 1. The van der Waals surface area contributed by atoms with Crippen LogP contribution >= 0.6 is 11.3 Å². The molecule has 3 aromatic rings. The molecule has 1 saturated heterocycles. The van der Waals surface area contributed by atoms with Gasteiger partial charge in [0.05, 0.1) is 17.2 Å². The fourth-order valence-electron chi connectivity index (χ4n) is 3.60. The highest BCUT2D eigenvalue weighted by Crippen LogP contribution is 2.33. The number of halogens is 1. The molecule has 1 aliphatic rings. The molecule has 0 unspecified atom stereocenters. The van der Waals surface area contributed by atoms with E-state index in [4.69, 9.17) is 4.74 Å². The summed E-state index contributed by atoms with van der Waals surface area (Å²) in [6, 6.07) is 12.3. The largest absolute Gasteiger partial charge is 0.494 e. The summed E-state index contributed by atoms with van der Waals surface area (Å²) in [6.07, 6.45) is 1.14. The highest BCUT2D eigenvalue weighted by atomic mass is 32.2. The van der Waals surface area contributed by atoms with Crippen molar-refractivity contribution in [2.45, 2.75) is 30.6 Å². The normalized spacial score (nSPS) is 15.3. The van der Waals surface area contributed by atoms with Gasteiger partial charge in [0.25, 0.3) is 5.91 Å². The van der Waals surface area contributed by atoms with E-state index in [-0.39, 0.29) is 21.5 Å². The van der Waals surface area contributed by atoms with Crippen LogP contribution < -0.4 is 10.1 Å². The lowest BCUT2D eigenvalue weighted by Crippen LogP contribution is -2.37. The zero-order valence-electron chi connectivity index (χ0n) is 17.9. The minimum Gasteiger partial charge on any atom is -0.494 e. The van der Waals surface area contributed by atoms with Crippen LogP contribution in [0.4, 0.5) is 10.1 Å². The van der Waals surface area contributed by atoms with E-state index in [0.29, 0.717) is 43.3 Å². The van der Waals surface area contributed by atoms with Crippen molar-refractivity contribution in [3.63, 3.8) is 0 Å². The van der Waals surface area contributed by atoms with E-state index in [2.05, 4.69) is 15.5 Å². The average molecular weight is 491 g/mol. The van der Waals surface area contributed by atoms with Gasteiger partial charge in [-0.25, -0.2) is 12.8 Å². The molecule has 1 aromatic heterocycles. The lowest BCUT2D eigenvalue weighted by molar-refractivity contribution is 0.102. The van der Waals surface area contributed by atoms with Crippen LogP contribution in [-0.2, 0) is 10.0 Å². The van der Waals surface area contributed by atoms with E-state index >= 15 is 0 Å². The van der Waals surface area contributed by atoms with Gasteiger partial charge in [0.15, 0.2) is 0 Å². The fraction of sp³-hybridized carbons (Fsp3) is 0.318. The molecule has 2 aromatic carbocycles. The van der Waals surface area contributed by atoms with E-state index in [1.807, 2.05) is 6.92 Å².